The number of ether oxygens (including phenoxy) is 2. The summed E-state index contributed by atoms with van der Waals surface area (Å²) in [4.78, 5) is 11.9. The van der Waals surface area contributed by atoms with Gasteiger partial charge >= 0.3 is 6.03 Å². The van der Waals surface area contributed by atoms with E-state index >= 15 is 0 Å². The summed E-state index contributed by atoms with van der Waals surface area (Å²) >= 11 is 0. The Labute approximate surface area is 134 Å². The summed E-state index contributed by atoms with van der Waals surface area (Å²) in [6, 6.07) is 10.9. The minimum Gasteiger partial charge on any atom is -0.495 e. The number of amides is 2. The number of aryl methyl sites for hydroxylation is 1. The minimum atomic E-state index is -0.350. The Bertz CT molecular complexity index is 659. The fourth-order valence-electron chi connectivity index (χ4n) is 1.95. The van der Waals surface area contributed by atoms with E-state index in [-0.39, 0.29) is 18.5 Å². The van der Waals surface area contributed by atoms with Gasteiger partial charge in [0.2, 0.25) is 0 Å². The van der Waals surface area contributed by atoms with Crippen molar-refractivity contribution >= 4 is 11.7 Å². The molecule has 2 N–H and O–H groups in total. The van der Waals surface area contributed by atoms with Gasteiger partial charge in [0.05, 0.1) is 19.3 Å². The number of anilines is 1. The number of halogens is 1. The van der Waals surface area contributed by atoms with Crippen LogP contribution in [0.2, 0.25) is 0 Å². The topological polar surface area (TPSA) is 59.6 Å². The fraction of sp³-hybridized carbons (Fsp3) is 0.235. The van der Waals surface area contributed by atoms with Gasteiger partial charge in [0, 0.05) is 0 Å². The molecule has 0 aliphatic carbocycles. The predicted octanol–water partition coefficient (Wildman–Crippen LogP) is 3.34. The maximum Gasteiger partial charge on any atom is 0.319 e. The number of benzene rings is 2. The van der Waals surface area contributed by atoms with E-state index in [2.05, 4.69) is 10.6 Å². The van der Waals surface area contributed by atoms with Gasteiger partial charge in [-0.15, -0.1) is 0 Å². The van der Waals surface area contributed by atoms with Crippen molar-refractivity contribution in [2.75, 3.05) is 25.6 Å². The molecule has 122 valence electrons. The van der Waals surface area contributed by atoms with Gasteiger partial charge in [-0.2, -0.15) is 0 Å². The summed E-state index contributed by atoms with van der Waals surface area (Å²) < 4.78 is 23.3. The fourth-order valence-corrected chi connectivity index (χ4v) is 1.95. The number of methoxy groups -OCH3 is 1. The van der Waals surface area contributed by atoms with E-state index in [0.717, 1.165) is 5.56 Å². The minimum absolute atomic E-state index is 0.282. The first kappa shape index (κ1) is 16.6. The van der Waals surface area contributed by atoms with E-state index in [0.29, 0.717) is 23.7 Å². The molecule has 0 heterocycles. The molecule has 2 aromatic rings. The molecule has 2 amide bonds. The number of urea groups is 1. The highest BCUT2D eigenvalue weighted by Crippen LogP contribution is 2.24. The highest BCUT2D eigenvalue weighted by Gasteiger charge is 2.07. The molecule has 0 spiro atoms. The SMILES string of the molecule is COc1ccc(C)cc1NC(=O)NCCOc1ccc(F)cc1. The number of hydrogen-bond donors (Lipinski definition) is 2. The molecule has 0 aliphatic rings. The van der Waals surface area contributed by atoms with Crippen LogP contribution in [0.25, 0.3) is 0 Å². The Kier molecular flexibility index (Phi) is 5.80. The van der Waals surface area contributed by atoms with E-state index < -0.39 is 0 Å². The lowest BCUT2D eigenvalue weighted by Gasteiger charge is -2.12. The lowest BCUT2D eigenvalue weighted by molar-refractivity contribution is 0.247. The van der Waals surface area contributed by atoms with Crippen molar-refractivity contribution in [1.82, 2.24) is 5.32 Å². The number of hydrogen-bond acceptors (Lipinski definition) is 3. The third-order valence-electron chi connectivity index (χ3n) is 3.07. The lowest BCUT2D eigenvalue weighted by Crippen LogP contribution is -2.32. The molecule has 5 nitrogen and oxygen atoms in total. The molecule has 0 bridgehead atoms. The summed E-state index contributed by atoms with van der Waals surface area (Å²) in [5.41, 5.74) is 1.62. The number of carbonyl (C=O) groups is 1. The molecule has 0 atom stereocenters. The van der Waals surface area contributed by atoms with Gasteiger partial charge < -0.3 is 20.1 Å². The van der Waals surface area contributed by atoms with Gasteiger partial charge in [0.15, 0.2) is 0 Å². The largest absolute Gasteiger partial charge is 0.495 e. The van der Waals surface area contributed by atoms with E-state index in [1.54, 1.807) is 13.2 Å². The molecule has 0 fully saturated rings. The van der Waals surface area contributed by atoms with Crippen molar-refractivity contribution in [2.24, 2.45) is 0 Å². The maximum absolute atomic E-state index is 12.7. The zero-order chi connectivity index (χ0) is 16.7. The Morgan fingerprint density at radius 1 is 1.17 bits per heavy atom. The van der Waals surface area contributed by atoms with Crippen LogP contribution in [0.4, 0.5) is 14.9 Å². The van der Waals surface area contributed by atoms with Crippen LogP contribution in [-0.4, -0.2) is 26.3 Å². The van der Waals surface area contributed by atoms with Gasteiger partial charge in [-0.05, 0) is 48.9 Å². The molecular formula is C17H19FN2O3. The standard InChI is InChI=1S/C17H19FN2O3/c1-12-3-8-16(22-2)15(11-12)20-17(21)19-9-10-23-14-6-4-13(18)5-7-14/h3-8,11H,9-10H2,1-2H3,(H2,19,20,21). The molecule has 0 radical (unpaired) electrons. The first-order chi connectivity index (χ1) is 11.1. The number of carbonyl (C=O) groups excluding carboxylic acids is 1. The molecule has 0 aromatic heterocycles. The molecule has 2 aromatic carbocycles. The Morgan fingerprint density at radius 2 is 1.91 bits per heavy atom. The van der Waals surface area contributed by atoms with Crippen LogP contribution < -0.4 is 20.1 Å². The second kappa shape index (κ2) is 8.03. The van der Waals surface area contributed by atoms with Crippen LogP contribution in [0.15, 0.2) is 42.5 Å². The van der Waals surface area contributed by atoms with E-state index in [4.69, 9.17) is 9.47 Å². The van der Waals surface area contributed by atoms with Gasteiger partial charge in [0.25, 0.3) is 0 Å². The van der Waals surface area contributed by atoms with Gasteiger partial charge in [-0.3, -0.25) is 0 Å². The molecule has 0 saturated heterocycles. The van der Waals surface area contributed by atoms with Crippen molar-refractivity contribution in [3.63, 3.8) is 0 Å². The highest BCUT2D eigenvalue weighted by atomic mass is 19.1. The summed E-state index contributed by atoms with van der Waals surface area (Å²) in [5.74, 6) is 0.823. The van der Waals surface area contributed by atoms with Crippen LogP contribution in [-0.2, 0) is 0 Å². The second-order valence-corrected chi connectivity index (χ2v) is 4.89. The Morgan fingerprint density at radius 3 is 2.61 bits per heavy atom. The normalized spacial score (nSPS) is 10.0. The quantitative estimate of drug-likeness (QED) is 0.803. The van der Waals surface area contributed by atoms with Gasteiger partial charge in [-0.1, -0.05) is 6.07 Å². The summed E-state index contributed by atoms with van der Waals surface area (Å²) in [6.45, 7) is 2.53. The average molecular weight is 318 g/mol. The number of nitrogens with one attached hydrogen (secondary N) is 2. The van der Waals surface area contributed by atoms with Crippen LogP contribution in [0.5, 0.6) is 11.5 Å². The van der Waals surface area contributed by atoms with Gasteiger partial charge in [0.1, 0.15) is 23.9 Å². The summed E-state index contributed by atoms with van der Waals surface area (Å²) in [7, 11) is 1.55. The van der Waals surface area contributed by atoms with Gasteiger partial charge in [-0.25, -0.2) is 9.18 Å². The zero-order valence-corrected chi connectivity index (χ0v) is 13.1. The number of rotatable bonds is 6. The van der Waals surface area contributed by atoms with E-state index in [1.807, 2.05) is 19.1 Å². The van der Waals surface area contributed by atoms with Crippen LogP contribution >= 0.6 is 0 Å². The first-order valence-corrected chi connectivity index (χ1v) is 7.16. The smallest absolute Gasteiger partial charge is 0.319 e. The van der Waals surface area contributed by atoms with Crippen LogP contribution in [0.3, 0.4) is 0 Å². The first-order valence-electron chi connectivity index (χ1n) is 7.16. The molecule has 2 rings (SSSR count). The summed E-state index contributed by atoms with van der Waals surface area (Å²) in [5, 5.41) is 5.41. The third-order valence-corrected chi connectivity index (χ3v) is 3.07. The molecule has 0 saturated carbocycles. The van der Waals surface area contributed by atoms with Crippen molar-refractivity contribution in [1.29, 1.82) is 0 Å². The molecular weight excluding hydrogens is 299 g/mol. The second-order valence-electron chi connectivity index (χ2n) is 4.89. The van der Waals surface area contributed by atoms with Crippen LogP contribution in [0, 0.1) is 12.7 Å². The van der Waals surface area contributed by atoms with Crippen LogP contribution in [0.1, 0.15) is 5.56 Å². The van der Waals surface area contributed by atoms with E-state index in [1.165, 1.54) is 24.3 Å². The maximum atomic E-state index is 12.7. The van der Waals surface area contributed by atoms with E-state index in [9.17, 15) is 9.18 Å². The van der Waals surface area contributed by atoms with Crippen molar-refractivity contribution in [3.8, 4) is 11.5 Å². The predicted molar refractivity (Wildman–Crippen MR) is 86.6 cm³/mol. The van der Waals surface area contributed by atoms with Crippen molar-refractivity contribution < 1.29 is 18.7 Å². The molecule has 0 aliphatic heterocycles. The third kappa shape index (κ3) is 5.18. The highest BCUT2D eigenvalue weighted by molar-refractivity contribution is 5.91. The average Bonchev–Trinajstić information content (AvgIpc) is 2.53. The Balaban J connectivity index is 1.77. The molecule has 0 unspecified atom stereocenters. The van der Waals surface area contributed by atoms with Crippen molar-refractivity contribution in [3.05, 3.63) is 53.8 Å². The zero-order valence-electron chi connectivity index (χ0n) is 13.1. The Hall–Kier alpha value is -2.76. The molecule has 6 heteroatoms. The summed E-state index contributed by atoms with van der Waals surface area (Å²) in [6.07, 6.45) is 0. The molecule has 23 heavy (non-hydrogen) atoms. The monoisotopic (exact) mass is 318 g/mol. The van der Waals surface area contributed by atoms with Crippen molar-refractivity contribution in [2.45, 2.75) is 6.92 Å². The lowest BCUT2D eigenvalue weighted by atomic mass is 10.2.